The lowest BCUT2D eigenvalue weighted by Crippen LogP contribution is -2.18. The highest BCUT2D eigenvalue weighted by atomic mass is 19.1. The number of fused-ring (bicyclic) bond motifs is 2. The molecule has 2 nitrogen and oxygen atoms in total. The molecule has 0 heterocycles. The maximum absolute atomic E-state index is 15.1. The largest absolute Gasteiger partial charge is 0.452 e. The van der Waals surface area contributed by atoms with Gasteiger partial charge in [-0.2, -0.15) is 0 Å². The summed E-state index contributed by atoms with van der Waals surface area (Å²) in [4.78, 5) is 13.7. The van der Waals surface area contributed by atoms with Gasteiger partial charge in [0.2, 0.25) is 0 Å². The Morgan fingerprint density at radius 1 is 0.641 bits per heavy atom. The Hall–Kier alpha value is -4.76. The Balaban J connectivity index is 1.39. The SMILES string of the molecule is C[C@@H](C(=O)OC(c1cccc2ccccc12)c1cccc2ccccc12)c1ccc(-c2ccccc2)c(F)c1. The van der Waals surface area contributed by atoms with Crippen molar-refractivity contribution in [2.75, 3.05) is 0 Å². The average Bonchev–Trinajstić information content (AvgIpc) is 2.99. The molecule has 6 aromatic carbocycles. The summed E-state index contributed by atoms with van der Waals surface area (Å²) in [5, 5.41) is 4.19. The monoisotopic (exact) mass is 510 g/mol. The van der Waals surface area contributed by atoms with Crippen molar-refractivity contribution >= 4 is 27.5 Å². The van der Waals surface area contributed by atoms with Crippen LogP contribution in [0.1, 0.15) is 35.6 Å². The van der Waals surface area contributed by atoms with Gasteiger partial charge in [-0.15, -0.1) is 0 Å². The fourth-order valence-corrected chi connectivity index (χ4v) is 5.26. The second-order valence-electron chi connectivity index (χ2n) is 9.78. The molecule has 6 rings (SSSR count). The van der Waals surface area contributed by atoms with Gasteiger partial charge in [-0.05, 0) is 45.7 Å². The van der Waals surface area contributed by atoms with Crippen LogP contribution in [0.5, 0.6) is 0 Å². The molecule has 0 aliphatic rings. The fourth-order valence-electron chi connectivity index (χ4n) is 5.26. The molecule has 6 aromatic rings. The van der Waals surface area contributed by atoms with E-state index < -0.39 is 18.0 Å². The molecule has 0 spiro atoms. The van der Waals surface area contributed by atoms with Gasteiger partial charge in [0.25, 0.3) is 0 Å². The van der Waals surface area contributed by atoms with Crippen LogP contribution in [0.25, 0.3) is 32.7 Å². The van der Waals surface area contributed by atoms with E-state index in [1.807, 2.05) is 84.9 Å². The molecule has 0 aliphatic carbocycles. The summed E-state index contributed by atoms with van der Waals surface area (Å²) in [6.45, 7) is 1.77. The summed E-state index contributed by atoms with van der Waals surface area (Å²) in [6, 6.07) is 42.7. The van der Waals surface area contributed by atoms with Gasteiger partial charge >= 0.3 is 5.97 Å². The normalized spacial score (nSPS) is 12.1. The van der Waals surface area contributed by atoms with Crippen molar-refractivity contribution in [1.82, 2.24) is 0 Å². The van der Waals surface area contributed by atoms with Gasteiger partial charge in [0, 0.05) is 16.7 Å². The lowest BCUT2D eigenvalue weighted by Gasteiger charge is -2.24. The molecule has 0 saturated heterocycles. The van der Waals surface area contributed by atoms with Crippen molar-refractivity contribution in [2.45, 2.75) is 18.9 Å². The third-order valence-corrected chi connectivity index (χ3v) is 7.38. The molecule has 0 fully saturated rings. The van der Waals surface area contributed by atoms with Crippen molar-refractivity contribution in [2.24, 2.45) is 0 Å². The molecular formula is C36H27FO2. The molecule has 39 heavy (non-hydrogen) atoms. The first-order valence-electron chi connectivity index (χ1n) is 13.1. The van der Waals surface area contributed by atoms with Crippen molar-refractivity contribution in [3.63, 3.8) is 0 Å². The highest BCUT2D eigenvalue weighted by molar-refractivity contribution is 5.90. The smallest absolute Gasteiger partial charge is 0.314 e. The van der Waals surface area contributed by atoms with Gasteiger partial charge in [0.1, 0.15) is 5.82 Å². The molecule has 1 atom stereocenters. The molecule has 0 saturated carbocycles. The van der Waals surface area contributed by atoms with E-state index in [0.717, 1.165) is 38.2 Å². The van der Waals surface area contributed by atoms with Crippen LogP contribution in [0.15, 0.2) is 133 Å². The molecule has 190 valence electrons. The van der Waals surface area contributed by atoms with Gasteiger partial charge in [-0.1, -0.05) is 127 Å². The zero-order chi connectivity index (χ0) is 26.8. The van der Waals surface area contributed by atoms with Gasteiger partial charge in [0.15, 0.2) is 6.10 Å². The number of carbonyl (C=O) groups excluding carboxylic acids is 1. The number of benzene rings is 6. The van der Waals surface area contributed by atoms with Gasteiger partial charge in [-0.25, -0.2) is 4.39 Å². The van der Waals surface area contributed by atoms with E-state index in [-0.39, 0.29) is 5.82 Å². The zero-order valence-electron chi connectivity index (χ0n) is 21.6. The summed E-state index contributed by atoms with van der Waals surface area (Å²) >= 11 is 0. The Labute approximate surface area is 227 Å². The molecule has 0 aliphatic heterocycles. The van der Waals surface area contributed by atoms with Gasteiger partial charge < -0.3 is 4.74 Å². The summed E-state index contributed by atoms with van der Waals surface area (Å²) in [6.07, 6.45) is -0.634. The topological polar surface area (TPSA) is 26.3 Å². The average molecular weight is 511 g/mol. The first-order chi connectivity index (χ1) is 19.1. The van der Waals surface area contributed by atoms with Gasteiger partial charge in [-0.3, -0.25) is 4.79 Å². The number of hydrogen-bond donors (Lipinski definition) is 0. The first kappa shape index (κ1) is 24.6. The zero-order valence-corrected chi connectivity index (χ0v) is 21.6. The van der Waals surface area contributed by atoms with Crippen LogP contribution in [0.4, 0.5) is 4.39 Å². The number of hydrogen-bond acceptors (Lipinski definition) is 2. The number of carbonyl (C=O) groups is 1. The van der Waals surface area contributed by atoms with Crippen molar-refractivity contribution < 1.29 is 13.9 Å². The van der Waals surface area contributed by atoms with Crippen molar-refractivity contribution in [3.8, 4) is 11.1 Å². The molecule has 0 bridgehead atoms. The van der Waals surface area contributed by atoms with Gasteiger partial charge in [0.05, 0.1) is 5.92 Å². The highest BCUT2D eigenvalue weighted by Gasteiger charge is 2.27. The summed E-state index contributed by atoms with van der Waals surface area (Å²) < 4.78 is 21.5. The Bertz CT molecular complexity index is 1700. The Morgan fingerprint density at radius 2 is 1.18 bits per heavy atom. The van der Waals surface area contributed by atoms with E-state index in [4.69, 9.17) is 4.74 Å². The minimum Gasteiger partial charge on any atom is -0.452 e. The van der Waals surface area contributed by atoms with Crippen LogP contribution in [-0.2, 0) is 9.53 Å². The number of halogens is 1. The van der Waals surface area contributed by atoms with Crippen LogP contribution in [0, 0.1) is 5.82 Å². The molecule has 0 N–H and O–H groups in total. The predicted molar refractivity (Wildman–Crippen MR) is 156 cm³/mol. The van der Waals surface area contributed by atoms with E-state index in [0.29, 0.717) is 11.1 Å². The molecular weight excluding hydrogens is 483 g/mol. The predicted octanol–water partition coefficient (Wildman–Crippen LogP) is 9.24. The summed E-state index contributed by atoms with van der Waals surface area (Å²) in [7, 11) is 0. The first-order valence-corrected chi connectivity index (χ1v) is 13.1. The third-order valence-electron chi connectivity index (χ3n) is 7.38. The quantitative estimate of drug-likeness (QED) is 0.209. The highest BCUT2D eigenvalue weighted by Crippen LogP contribution is 2.37. The second kappa shape index (κ2) is 10.5. The van der Waals surface area contributed by atoms with E-state index in [1.54, 1.807) is 13.0 Å². The standard InChI is InChI=1S/C36H27FO2/c1-24(28-21-22-31(34(37)23-28)27-11-3-2-4-12-27)36(38)39-35(32-19-9-15-25-13-5-7-17-29(25)32)33-20-10-16-26-14-6-8-18-30(26)33/h2-24,35H,1H3/t24-/m1/s1. The lowest BCUT2D eigenvalue weighted by molar-refractivity contribution is -0.148. The van der Waals surface area contributed by atoms with Crippen molar-refractivity contribution in [1.29, 1.82) is 0 Å². The molecule has 0 unspecified atom stereocenters. The van der Waals surface area contributed by atoms with Crippen molar-refractivity contribution in [3.05, 3.63) is 156 Å². The fraction of sp³-hybridized carbons (Fsp3) is 0.0833. The minimum atomic E-state index is -0.656. The minimum absolute atomic E-state index is 0.363. The number of ether oxygens (including phenoxy) is 1. The maximum atomic E-state index is 15.1. The number of esters is 1. The molecule has 3 heteroatoms. The maximum Gasteiger partial charge on any atom is 0.314 e. The van der Waals surface area contributed by atoms with Crippen LogP contribution >= 0.6 is 0 Å². The van der Waals surface area contributed by atoms with E-state index >= 15 is 4.39 Å². The molecule has 0 radical (unpaired) electrons. The summed E-state index contributed by atoms with van der Waals surface area (Å²) in [5.74, 6) is -1.43. The van der Waals surface area contributed by atoms with E-state index in [9.17, 15) is 4.79 Å². The third kappa shape index (κ3) is 4.80. The lowest BCUT2D eigenvalue weighted by atomic mass is 9.92. The van der Waals surface area contributed by atoms with E-state index in [2.05, 4.69) is 36.4 Å². The van der Waals surface area contributed by atoms with Crippen LogP contribution in [0.2, 0.25) is 0 Å². The van der Waals surface area contributed by atoms with E-state index in [1.165, 1.54) is 6.07 Å². The van der Waals surface area contributed by atoms with Crippen LogP contribution < -0.4 is 0 Å². The number of rotatable bonds is 6. The Morgan fingerprint density at radius 3 is 1.77 bits per heavy atom. The molecule has 0 amide bonds. The second-order valence-corrected chi connectivity index (χ2v) is 9.78. The van der Waals surface area contributed by atoms with Crippen LogP contribution in [0.3, 0.4) is 0 Å². The van der Waals surface area contributed by atoms with Crippen LogP contribution in [-0.4, -0.2) is 5.97 Å². The molecule has 0 aromatic heterocycles. The Kier molecular flexibility index (Phi) is 6.64. The summed E-state index contributed by atoms with van der Waals surface area (Å²) in [5.41, 5.74) is 3.70.